The van der Waals surface area contributed by atoms with E-state index < -0.39 is 0 Å². The molecule has 3 aromatic rings. The summed E-state index contributed by atoms with van der Waals surface area (Å²) >= 11 is 1.93. The Morgan fingerprint density at radius 2 is 1.43 bits per heavy atom. The number of benzene rings is 3. The van der Waals surface area contributed by atoms with Crippen molar-refractivity contribution >= 4 is 11.8 Å². The highest BCUT2D eigenvalue weighted by molar-refractivity contribution is 7.99. The summed E-state index contributed by atoms with van der Waals surface area (Å²) in [5.41, 5.74) is 2.71. The Hall–Kier alpha value is -2.23. The summed E-state index contributed by atoms with van der Waals surface area (Å²) < 4.78 is 5.31. The van der Waals surface area contributed by atoms with Crippen LogP contribution in [0.5, 0.6) is 5.75 Å². The van der Waals surface area contributed by atoms with E-state index >= 15 is 0 Å². The highest BCUT2D eigenvalue weighted by Gasteiger charge is 2.13. The Morgan fingerprint density at radius 1 is 0.786 bits per heavy atom. The summed E-state index contributed by atoms with van der Waals surface area (Å²) in [6.45, 7) is 2.07. The van der Waals surface area contributed by atoms with Crippen molar-refractivity contribution in [3.63, 3.8) is 0 Å². The molecule has 0 aliphatic carbocycles. The van der Waals surface area contributed by atoms with Gasteiger partial charge in [0.2, 0.25) is 0 Å². The van der Waals surface area contributed by atoms with Crippen molar-refractivity contribution in [2.75, 3.05) is 26.0 Å². The fourth-order valence-corrected chi connectivity index (χ4v) is 4.20. The molecule has 0 heterocycles. The van der Waals surface area contributed by atoms with Crippen molar-refractivity contribution in [1.82, 2.24) is 5.32 Å². The maximum atomic E-state index is 5.31. The van der Waals surface area contributed by atoms with Gasteiger partial charge in [-0.3, -0.25) is 0 Å². The first-order valence-electron chi connectivity index (χ1n) is 9.94. The van der Waals surface area contributed by atoms with E-state index in [2.05, 4.69) is 90.2 Å². The van der Waals surface area contributed by atoms with Gasteiger partial charge in [0.25, 0.3) is 0 Å². The van der Waals surface area contributed by atoms with Crippen molar-refractivity contribution in [1.29, 1.82) is 0 Å². The van der Waals surface area contributed by atoms with E-state index in [1.807, 2.05) is 11.8 Å². The molecule has 1 unspecified atom stereocenters. The van der Waals surface area contributed by atoms with Gasteiger partial charge in [0, 0.05) is 10.8 Å². The number of rotatable bonds is 11. The molecular weight excluding hydrogens is 362 g/mol. The van der Waals surface area contributed by atoms with Gasteiger partial charge in [0.1, 0.15) is 5.75 Å². The van der Waals surface area contributed by atoms with Crippen LogP contribution >= 0.6 is 11.8 Å². The molecule has 0 aliphatic rings. The first-order chi connectivity index (χ1) is 13.9. The fraction of sp³-hybridized carbons (Fsp3) is 0.280. The van der Waals surface area contributed by atoms with E-state index in [1.165, 1.54) is 22.4 Å². The van der Waals surface area contributed by atoms with Gasteiger partial charge >= 0.3 is 0 Å². The average molecular weight is 392 g/mol. The highest BCUT2D eigenvalue weighted by Crippen LogP contribution is 2.29. The van der Waals surface area contributed by atoms with Gasteiger partial charge in [0.15, 0.2) is 0 Å². The van der Waals surface area contributed by atoms with Crippen molar-refractivity contribution in [3.8, 4) is 5.75 Å². The second-order valence-corrected chi connectivity index (χ2v) is 7.96. The molecule has 2 nitrogen and oxygen atoms in total. The molecule has 0 aliphatic heterocycles. The van der Waals surface area contributed by atoms with Crippen molar-refractivity contribution < 1.29 is 4.74 Å². The molecule has 3 rings (SSSR count). The third-order valence-electron chi connectivity index (χ3n) is 4.84. The molecule has 146 valence electrons. The van der Waals surface area contributed by atoms with Crippen molar-refractivity contribution in [3.05, 3.63) is 96.1 Å². The number of hydrogen-bond donors (Lipinski definition) is 1. The maximum Gasteiger partial charge on any atom is 0.118 e. The Morgan fingerprint density at radius 3 is 2.11 bits per heavy atom. The van der Waals surface area contributed by atoms with Crippen LogP contribution in [0.3, 0.4) is 0 Å². The Bertz CT molecular complexity index is 790. The summed E-state index contributed by atoms with van der Waals surface area (Å²) in [5.74, 6) is 2.46. The average Bonchev–Trinajstić information content (AvgIpc) is 2.77. The van der Waals surface area contributed by atoms with Crippen LogP contribution in [-0.2, 0) is 0 Å². The minimum atomic E-state index is 0.401. The topological polar surface area (TPSA) is 21.3 Å². The maximum absolute atomic E-state index is 5.31. The zero-order valence-corrected chi connectivity index (χ0v) is 17.3. The number of ether oxygens (including phenoxy) is 1. The lowest BCUT2D eigenvalue weighted by Crippen LogP contribution is -2.19. The summed E-state index contributed by atoms with van der Waals surface area (Å²) in [6, 6.07) is 29.9. The van der Waals surface area contributed by atoms with Gasteiger partial charge in [-0.15, -0.1) is 11.8 Å². The Kier molecular flexibility index (Phi) is 8.48. The van der Waals surface area contributed by atoms with Crippen LogP contribution < -0.4 is 10.1 Å². The predicted octanol–water partition coefficient (Wildman–Crippen LogP) is 5.99. The monoisotopic (exact) mass is 391 g/mol. The third kappa shape index (κ3) is 6.43. The Balaban J connectivity index is 1.46. The van der Waals surface area contributed by atoms with E-state index in [0.717, 1.165) is 31.0 Å². The smallest absolute Gasteiger partial charge is 0.118 e. The molecule has 1 N–H and O–H groups in total. The number of hydrogen-bond acceptors (Lipinski definition) is 3. The summed E-state index contributed by atoms with van der Waals surface area (Å²) in [7, 11) is 1.71. The Labute approximate surface area is 173 Å². The van der Waals surface area contributed by atoms with Crippen LogP contribution in [0.15, 0.2) is 89.8 Å². The largest absolute Gasteiger partial charge is 0.497 e. The second-order valence-electron chi connectivity index (χ2n) is 6.79. The van der Waals surface area contributed by atoms with Gasteiger partial charge in [-0.2, -0.15) is 0 Å². The van der Waals surface area contributed by atoms with Gasteiger partial charge < -0.3 is 10.1 Å². The van der Waals surface area contributed by atoms with Crippen molar-refractivity contribution in [2.45, 2.75) is 23.7 Å². The molecule has 0 amide bonds. The molecule has 1 atom stereocenters. The minimum Gasteiger partial charge on any atom is -0.497 e. The van der Waals surface area contributed by atoms with E-state index in [0.29, 0.717) is 5.92 Å². The lowest BCUT2D eigenvalue weighted by Gasteiger charge is -2.19. The van der Waals surface area contributed by atoms with Crippen LogP contribution in [0.25, 0.3) is 0 Å². The van der Waals surface area contributed by atoms with Crippen LogP contribution in [0.1, 0.15) is 29.9 Å². The number of nitrogens with one attached hydrogen (secondary N) is 1. The molecule has 0 spiro atoms. The van der Waals surface area contributed by atoms with Gasteiger partial charge in [0.05, 0.1) is 7.11 Å². The van der Waals surface area contributed by atoms with E-state index in [1.54, 1.807) is 7.11 Å². The van der Waals surface area contributed by atoms with Crippen LogP contribution in [-0.4, -0.2) is 26.0 Å². The molecule has 3 heteroatoms. The fourth-order valence-electron chi connectivity index (χ4n) is 3.32. The van der Waals surface area contributed by atoms with Crippen LogP contribution in [0.2, 0.25) is 0 Å². The molecule has 0 aromatic heterocycles. The first-order valence-corrected chi connectivity index (χ1v) is 10.9. The summed E-state index contributed by atoms with van der Waals surface area (Å²) in [5, 5.41) is 3.63. The van der Waals surface area contributed by atoms with Crippen LogP contribution in [0, 0.1) is 0 Å². The zero-order chi connectivity index (χ0) is 19.4. The molecule has 0 saturated carbocycles. The molecule has 0 saturated heterocycles. The van der Waals surface area contributed by atoms with Gasteiger partial charge in [-0.05, 0) is 67.1 Å². The molecule has 0 fully saturated rings. The van der Waals surface area contributed by atoms with E-state index in [4.69, 9.17) is 4.74 Å². The predicted molar refractivity (Wildman–Crippen MR) is 121 cm³/mol. The summed E-state index contributed by atoms with van der Waals surface area (Å²) in [4.78, 5) is 1.35. The van der Waals surface area contributed by atoms with E-state index in [9.17, 15) is 0 Å². The highest BCUT2D eigenvalue weighted by atomic mass is 32.2. The summed E-state index contributed by atoms with van der Waals surface area (Å²) in [6.07, 6.45) is 2.26. The SMILES string of the molecule is COc1ccc(C(CCNCCCSc2ccccc2)c2ccccc2)cc1. The van der Waals surface area contributed by atoms with Gasteiger partial charge in [-0.25, -0.2) is 0 Å². The van der Waals surface area contributed by atoms with E-state index in [-0.39, 0.29) is 0 Å². The third-order valence-corrected chi connectivity index (χ3v) is 5.94. The minimum absolute atomic E-state index is 0.401. The molecule has 3 aromatic carbocycles. The molecular formula is C25H29NOS. The van der Waals surface area contributed by atoms with Crippen LogP contribution in [0.4, 0.5) is 0 Å². The second kappa shape index (κ2) is 11.6. The van der Waals surface area contributed by atoms with Gasteiger partial charge in [-0.1, -0.05) is 60.7 Å². The zero-order valence-electron chi connectivity index (χ0n) is 16.5. The molecule has 28 heavy (non-hydrogen) atoms. The quantitative estimate of drug-likeness (QED) is 0.320. The van der Waals surface area contributed by atoms with Crippen molar-refractivity contribution in [2.24, 2.45) is 0 Å². The number of methoxy groups -OCH3 is 1. The molecule has 0 radical (unpaired) electrons. The number of thioether (sulfide) groups is 1. The lowest BCUT2D eigenvalue weighted by atomic mass is 9.88. The molecule has 0 bridgehead atoms. The lowest BCUT2D eigenvalue weighted by molar-refractivity contribution is 0.414. The first kappa shape index (κ1) is 20.5. The standard InChI is InChI=1S/C25H29NOS/c1-27-23-15-13-22(14-16-23)25(21-9-4-2-5-10-21)17-19-26-18-8-20-28-24-11-6-3-7-12-24/h2-7,9-16,25-26H,8,17-20H2,1H3. The normalized spacial score (nSPS) is 11.9.